The number of carbonyl (C=O) groups is 7. The van der Waals surface area contributed by atoms with Crippen LogP contribution in [0.4, 0.5) is 0 Å². The van der Waals surface area contributed by atoms with Gasteiger partial charge in [-0.3, -0.25) is 33.6 Å². The Bertz CT molecular complexity index is 1090. The second-order valence-electron chi connectivity index (χ2n) is 12.7. The third-order valence-electron chi connectivity index (χ3n) is 8.04. The van der Waals surface area contributed by atoms with E-state index in [1.54, 1.807) is 14.2 Å². The number of esters is 3. The maximum absolute atomic E-state index is 13.8. The number of carbonyl (C=O) groups excluding carboxylic acids is 7. The summed E-state index contributed by atoms with van der Waals surface area (Å²) in [7, 11) is 6.04. The SMILES string of the molecule is CC.CC.CC.CN[C@@H](CCC(=O)OCCOC)C(=O)C[C@@H](CCC(=O)OCCOC)C(=O)N[C@@H](CC(C)C)C(=O)CC(CCC(=O)OCCOCCOC)C(C)=O. The Morgan fingerprint density at radius 2 is 0.897 bits per heavy atom. The molecule has 16 heteroatoms. The van der Waals surface area contributed by atoms with Crippen LogP contribution in [0.3, 0.4) is 0 Å². The summed E-state index contributed by atoms with van der Waals surface area (Å²) in [6.45, 7) is 18.6. The topological polar surface area (TPSA) is 208 Å². The van der Waals surface area contributed by atoms with E-state index in [9.17, 15) is 33.6 Å². The molecule has 0 aliphatic carbocycles. The first-order valence-corrected chi connectivity index (χ1v) is 20.8. The molecule has 58 heavy (non-hydrogen) atoms. The Morgan fingerprint density at radius 1 is 0.517 bits per heavy atom. The van der Waals surface area contributed by atoms with E-state index in [4.69, 9.17) is 33.2 Å². The van der Waals surface area contributed by atoms with Crippen LogP contribution < -0.4 is 10.6 Å². The predicted octanol–water partition coefficient (Wildman–Crippen LogP) is 4.85. The van der Waals surface area contributed by atoms with Crippen molar-refractivity contribution < 1.29 is 66.7 Å². The van der Waals surface area contributed by atoms with E-state index in [0.717, 1.165) is 0 Å². The molecule has 0 aromatic heterocycles. The monoisotopic (exact) mass is 837 g/mol. The van der Waals surface area contributed by atoms with Gasteiger partial charge in [-0.2, -0.15) is 0 Å². The zero-order valence-electron chi connectivity index (χ0n) is 38.1. The average Bonchev–Trinajstić information content (AvgIpc) is 3.21. The third-order valence-corrected chi connectivity index (χ3v) is 8.04. The number of ether oxygens (including phenoxy) is 7. The van der Waals surface area contributed by atoms with E-state index in [0.29, 0.717) is 13.2 Å². The summed E-state index contributed by atoms with van der Waals surface area (Å²) in [5.41, 5.74) is 0. The first-order valence-electron chi connectivity index (χ1n) is 20.8. The third kappa shape index (κ3) is 34.7. The zero-order chi connectivity index (χ0) is 45.3. The number of rotatable bonds is 33. The Hall–Kier alpha value is -3.31. The molecule has 0 spiro atoms. The number of nitrogens with one attached hydrogen (secondary N) is 2. The van der Waals surface area contributed by atoms with Crippen LogP contribution in [0.25, 0.3) is 0 Å². The van der Waals surface area contributed by atoms with Crippen LogP contribution in [0.2, 0.25) is 0 Å². The van der Waals surface area contributed by atoms with Crippen molar-refractivity contribution in [2.75, 3.05) is 81.2 Å². The van der Waals surface area contributed by atoms with E-state index >= 15 is 0 Å². The smallest absolute Gasteiger partial charge is 0.305 e. The molecule has 0 saturated heterocycles. The molecular weight excluding hydrogens is 756 g/mol. The van der Waals surface area contributed by atoms with Crippen molar-refractivity contribution in [3.8, 4) is 0 Å². The van der Waals surface area contributed by atoms with E-state index in [2.05, 4.69) is 10.6 Å². The first kappa shape index (κ1) is 61.4. The number of hydrogen-bond acceptors (Lipinski definition) is 15. The van der Waals surface area contributed by atoms with Gasteiger partial charge in [0.2, 0.25) is 5.91 Å². The Labute approximate surface area is 349 Å². The fourth-order valence-electron chi connectivity index (χ4n) is 5.04. The molecule has 0 fully saturated rings. The van der Waals surface area contributed by atoms with Crippen molar-refractivity contribution in [3.63, 3.8) is 0 Å². The minimum absolute atomic E-state index is 0.0245. The largest absolute Gasteiger partial charge is 0.463 e. The predicted molar refractivity (Wildman–Crippen MR) is 222 cm³/mol. The highest BCUT2D eigenvalue weighted by Crippen LogP contribution is 2.20. The summed E-state index contributed by atoms with van der Waals surface area (Å²) >= 11 is 0. The molecule has 0 heterocycles. The maximum Gasteiger partial charge on any atom is 0.305 e. The number of ketones is 3. The standard InChI is InChI=1S/C36H62N2O14.3C2H6/c1-25(2)22-30(32(41)23-27(26(3)39)8-11-33(42)52-21-18-49-17-14-46-5)38-36(45)28(9-12-34(43)50-19-15-47-6)24-31(40)29(37-4)10-13-35(44)51-20-16-48-7;3*1-2/h25,27-30,37H,8-24H2,1-7H3,(H,38,45);3*1-2H3/t27?,28-,29+,30+;;;/m1.../s1. The Morgan fingerprint density at radius 3 is 1.33 bits per heavy atom. The van der Waals surface area contributed by atoms with Gasteiger partial charge in [0.1, 0.15) is 25.6 Å². The number of methoxy groups -OCH3 is 3. The fourth-order valence-corrected chi connectivity index (χ4v) is 5.04. The number of Topliss-reactive ketones (excluding diaryl/α,β-unsaturated/α-hetero) is 3. The lowest BCUT2D eigenvalue weighted by Gasteiger charge is -2.25. The molecule has 0 aliphatic heterocycles. The molecule has 0 rings (SSSR count). The molecule has 4 atom stereocenters. The summed E-state index contributed by atoms with van der Waals surface area (Å²) in [4.78, 5) is 90.0. The van der Waals surface area contributed by atoms with E-state index in [1.165, 1.54) is 21.1 Å². The lowest BCUT2D eigenvalue weighted by molar-refractivity contribution is -0.146. The van der Waals surface area contributed by atoms with Crippen LogP contribution >= 0.6 is 0 Å². The highest BCUT2D eigenvalue weighted by atomic mass is 16.6. The van der Waals surface area contributed by atoms with Crippen molar-refractivity contribution in [1.29, 1.82) is 0 Å². The molecule has 0 aromatic carbocycles. The van der Waals surface area contributed by atoms with Gasteiger partial charge in [0.25, 0.3) is 0 Å². The lowest BCUT2D eigenvalue weighted by Crippen LogP contribution is -2.46. The minimum atomic E-state index is -1.01. The lowest BCUT2D eigenvalue weighted by atomic mass is 9.88. The summed E-state index contributed by atoms with van der Waals surface area (Å²) < 4.78 is 35.2. The number of likely N-dealkylation sites (N-methyl/N-ethyl adjacent to an activating group) is 1. The zero-order valence-corrected chi connectivity index (χ0v) is 38.1. The minimum Gasteiger partial charge on any atom is -0.463 e. The van der Waals surface area contributed by atoms with Crippen LogP contribution in [0.1, 0.15) is 120 Å². The number of hydrogen-bond donors (Lipinski definition) is 2. The van der Waals surface area contributed by atoms with Gasteiger partial charge in [-0.1, -0.05) is 55.4 Å². The quantitative estimate of drug-likeness (QED) is 0.0515. The van der Waals surface area contributed by atoms with Crippen LogP contribution in [-0.4, -0.2) is 134 Å². The van der Waals surface area contributed by atoms with Crippen molar-refractivity contribution in [2.45, 2.75) is 132 Å². The van der Waals surface area contributed by atoms with Gasteiger partial charge in [0, 0.05) is 65.3 Å². The molecule has 16 nitrogen and oxygen atoms in total. The van der Waals surface area contributed by atoms with Crippen LogP contribution in [-0.2, 0) is 66.7 Å². The molecule has 2 N–H and O–H groups in total. The molecule has 0 radical (unpaired) electrons. The van der Waals surface area contributed by atoms with Gasteiger partial charge in [-0.05, 0) is 45.6 Å². The highest BCUT2D eigenvalue weighted by Gasteiger charge is 2.32. The Kier molecular flexibility index (Phi) is 45.8. The van der Waals surface area contributed by atoms with Crippen molar-refractivity contribution >= 4 is 41.2 Å². The first-order chi connectivity index (χ1) is 27.8. The summed E-state index contributed by atoms with van der Waals surface area (Å²) in [5.74, 6) is -5.08. The van der Waals surface area contributed by atoms with Gasteiger partial charge in [-0.15, -0.1) is 0 Å². The van der Waals surface area contributed by atoms with Crippen LogP contribution in [0.15, 0.2) is 0 Å². The molecular formula is C42H80N2O14. The van der Waals surface area contributed by atoms with Gasteiger partial charge in [0.05, 0.1) is 45.1 Å². The molecule has 0 bridgehead atoms. The van der Waals surface area contributed by atoms with E-state index < -0.39 is 53.5 Å². The van der Waals surface area contributed by atoms with Crippen molar-refractivity contribution in [1.82, 2.24) is 10.6 Å². The van der Waals surface area contributed by atoms with Gasteiger partial charge in [-0.25, -0.2) is 0 Å². The molecule has 0 aliphatic rings. The van der Waals surface area contributed by atoms with E-state index in [-0.39, 0.29) is 115 Å². The summed E-state index contributed by atoms with van der Waals surface area (Å²) in [6.07, 6.45) is -0.383. The van der Waals surface area contributed by atoms with Crippen molar-refractivity contribution in [3.05, 3.63) is 0 Å². The number of amides is 1. The molecule has 0 saturated carbocycles. The second kappa shape index (κ2) is 43.3. The maximum atomic E-state index is 13.8. The Balaban J connectivity index is -0.00000231. The molecule has 1 amide bonds. The normalized spacial score (nSPS) is 12.4. The van der Waals surface area contributed by atoms with Gasteiger partial charge < -0.3 is 43.8 Å². The van der Waals surface area contributed by atoms with Crippen molar-refractivity contribution in [2.24, 2.45) is 17.8 Å². The summed E-state index contributed by atoms with van der Waals surface area (Å²) in [6, 6.07) is -1.77. The van der Waals surface area contributed by atoms with Crippen LogP contribution in [0.5, 0.6) is 0 Å². The highest BCUT2D eigenvalue weighted by molar-refractivity contribution is 5.95. The fraction of sp³-hybridized carbons (Fsp3) is 0.833. The molecule has 0 aromatic rings. The molecule has 342 valence electrons. The van der Waals surface area contributed by atoms with Gasteiger partial charge in [0.15, 0.2) is 11.6 Å². The van der Waals surface area contributed by atoms with Gasteiger partial charge >= 0.3 is 17.9 Å². The second-order valence-corrected chi connectivity index (χ2v) is 12.7. The average molecular weight is 837 g/mol. The van der Waals surface area contributed by atoms with E-state index in [1.807, 2.05) is 55.4 Å². The van der Waals surface area contributed by atoms with Crippen LogP contribution in [0, 0.1) is 17.8 Å². The molecule has 1 unspecified atom stereocenters. The summed E-state index contributed by atoms with van der Waals surface area (Å²) in [5, 5.41) is 5.66.